The van der Waals surface area contributed by atoms with Crippen molar-refractivity contribution in [2.45, 2.75) is 72.3 Å². The van der Waals surface area contributed by atoms with Crippen molar-refractivity contribution in [3.05, 3.63) is 57.6 Å². The zero-order valence-electron chi connectivity index (χ0n) is 26.1. The number of nitrogens with one attached hydrogen (secondary N) is 1. The fourth-order valence-corrected chi connectivity index (χ4v) is 7.61. The standard InChI is InChI=1S/C34H41N3O5S/c1-19-13-21(3)31-24(14-19)16-26(37(31)18-29(38)42-7)33(39)36-34-35-30(25-17-27(40-5)20(2)15-28(25)41-6)32(43-34)22(4)23-11-9-8-10-12-23/h13-17,22-23H,8-12,18H2,1-7H3,(H,35,36,39). The van der Waals surface area contributed by atoms with Crippen molar-refractivity contribution in [3.8, 4) is 22.8 Å². The maximum atomic E-state index is 13.9. The lowest BCUT2D eigenvalue weighted by Crippen LogP contribution is -2.20. The number of nitrogens with zero attached hydrogens (tertiary/aromatic N) is 2. The number of aromatic nitrogens is 2. The molecular formula is C34H41N3O5S. The fraction of sp³-hybridized carbons (Fsp3) is 0.441. The quantitative estimate of drug-likeness (QED) is 0.196. The maximum absolute atomic E-state index is 13.9. The van der Waals surface area contributed by atoms with Crippen LogP contribution in [0.5, 0.6) is 11.5 Å². The summed E-state index contributed by atoms with van der Waals surface area (Å²) in [6.07, 6.45) is 6.11. The van der Waals surface area contributed by atoms with Crippen LogP contribution in [0.2, 0.25) is 0 Å². The highest BCUT2D eigenvalue weighted by molar-refractivity contribution is 7.16. The number of hydrogen-bond acceptors (Lipinski definition) is 7. The summed E-state index contributed by atoms with van der Waals surface area (Å²) in [6, 6.07) is 9.85. The highest BCUT2D eigenvalue weighted by Gasteiger charge is 2.29. The lowest BCUT2D eigenvalue weighted by molar-refractivity contribution is -0.141. The van der Waals surface area contributed by atoms with E-state index >= 15 is 0 Å². The predicted molar refractivity (Wildman–Crippen MR) is 172 cm³/mol. The van der Waals surface area contributed by atoms with Crippen molar-refractivity contribution in [1.29, 1.82) is 0 Å². The molecule has 1 atom stereocenters. The van der Waals surface area contributed by atoms with Gasteiger partial charge >= 0.3 is 5.97 Å². The second-order valence-corrected chi connectivity index (χ2v) is 12.6. The first-order chi connectivity index (χ1) is 20.6. The average Bonchev–Trinajstić information content (AvgIpc) is 3.58. The minimum absolute atomic E-state index is 0.0693. The number of ether oxygens (including phenoxy) is 3. The molecular weight excluding hydrogens is 562 g/mol. The molecule has 1 amide bonds. The molecule has 0 saturated heterocycles. The van der Waals surface area contributed by atoms with E-state index in [1.54, 1.807) is 18.8 Å². The Hall–Kier alpha value is -3.85. The Morgan fingerprint density at radius 1 is 0.977 bits per heavy atom. The van der Waals surface area contributed by atoms with Crippen LogP contribution in [0.4, 0.5) is 5.13 Å². The third-order valence-corrected chi connectivity index (χ3v) is 9.86. The number of carbonyl (C=O) groups excluding carboxylic acids is 2. The number of fused-ring (bicyclic) bond motifs is 1. The number of esters is 1. The number of anilines is 1. The summed E-state index contributed by atoms with van der Waals surface area (Å²) in [5.74, 6) is 1.51. The molecule has 9 heteroatoms. The Kier molecular flexibility index (Phi) is 9.11. The first-order valence-corrected chi connectivity index (χ1v) is 15.7. The van der Waals surface area contributed by atoms with Gasteiger partial charge in [-0.1, -0.05) is 37.8 Å². The molecule has 1 aliphatic rings. The second-order valence-electron chi connectivity index (χ2n) is 11.6. The van der Waals surface area contributed by atoms with Gasteiger partial charge in [0.2, 0.25) is 0 Å². The lowest BCUT2D eigenvalue weighted by Gasteiger charge is -2.27. The van der Waals surface area contributed by atoms with Crippen LogP contribution in [0.3, 0.4) is 0 Å². The molecule has 1 unspecified atom stereocenters. The van der Waals surface area contributed by atoms with E-state index < -0.39 is 5.97 Å². The zero-order chi connectivity index (χ0) is 30.8. The largest absolute Gasteiger partial charge is 0.496 e. The molecule has 0 aliphatic heterocycles. The number of benzene rings is 2. The molecule has 0 bridgehead atoms. The number of amides is 1. The van der Waals surface area contributed by atoms with Crippen molar-refractivity contribution < 1.29 is 23.8 Å². The van der Waals surface area contributed by atoms with Gasteiger partial charge in [-0.05, 0) is 80.8 Å². The van der Waals surface area contributed by atoms with Crippen LogP contribution in [-0.4, -0.2) is 42.8 Å². The number of carbonyl (C=O) groups is 2. The fourth-order valence-electron chi connectivity index (χ4n) is 6.50. The van der Waals surface area contributed by atoms with Gasteiger partial charge in [-0.15, -0.1) is 11.3 Å². The van der Waals surface area contributed by atoms with E-state index in [-0.39, 0.29) is 18.4 Å². The van der Waals surface area contributed by atoms with Crippen molar-refractivity contribution in [2.75, 3.05) is 26.6 Å². The number of thiazole rings is 1. The molecule has 43 heavy (non-hydrogen) atoms. The van der Waals surface area contributed by atoms with Gasteiger partial charge in [-0.25, -0.2) is 4.98 Å². The van der Waals surface area contributed by atoms with Crippen LogP contribution in [0, 0.1) is 26.7 Å². The summed E-state index contributed by atoms with van der Waals surface area (Å²) in [5.41, 5.74) is 5.89. The van der Waals surface area contributed by atoms with Crippen LogP contribution in [0.25, 0.3) is 22.2 Å². The summed E-state index contributed by atoms with van der Waals surface area (Å²) < 4.78 is 18.2. The molecule has 0 spiro atoms. The lowest BCUT2D eigenvalue weighted by atomic mass is 9.79. The molecule has 2 aromatic heterocycles. The summed E-state index contributed by atoms with van der Waals surface area (Å²) in [6.45, 7) is 8.19. The topological polar surface area (TPSA) is 91.7 Å². The van der Waals surface area contributed by atoms with Crippen molar-refractivity contribution in [2.24, 2.45) is 5.92 Å². The Morgan fingerprint density at radius 3 is 2.37 bits per heavy atom. The monoisotopic (exact) mass is 603 g/mol. The predicted octanol–water partition coefficient (Wildman–Crippen LogP) is 7.82. The van der Waals surface area contributed by atoms with Crippen molar-refractivity contribution in [1.82, 2.24) is 9.55 Å². The Labute approximate surface area is 257 Å². The average molecular weight is 604 g/mol. The highest BCUT2D eigenvalue weighted by atomic mass is 32.1. The molecule has 1 fully saturated rings. The van der Waals surface area contributed by atoms with E-state index in [2.05, 4.69) is 12.2 Å². The summed E-state index contributed by atoms with van der Waals surface area (Å²) in [5, 5.41) is 4.47. The van der Waals surface area contributed by atoms with Crippen LogP contribution in [0.15, 0.2) is 30.3 Å². The number of aryl methyl sites for hydroxylation is 3. The minimum atomic E-state index is -0.424. The summed E-state index contributed by atoms with van der Waals surface area (Å²) in [4.78, 5) is 32.4. The summed E-state index contributed by atoms with van der Waals surface area (Å²) in [7, 11) is 4.67. The molecule has 0 radical (unpaired) electrons. The molecule has 2 aromatic carbocycles. The van der Waals surface area contributed by atoms with Gasteiger partial charge in [-0.3, -0.25) is 14.9 Å². The third kappa shape index (κ3) is 6.13. The first-order valence-electron chi connectivity index (χ1n) is 14.9. The van der Waals surface area contributed by atoms with Crippen LogP contribution in [0.1, 0.15) is 77.0 Å². The molecule has 1 saturated carbocycles. The van der Waals surface area contributed by atoms with Crippen LogP contribution < -0.4 is 14.8 Å². The zero-order valence-corrected chi connectivity index (χ0v) is 26.9. The Bertz CT molecular complexity index is 1660. The van der Waals surface area contributed by atoms with E-state index in [1.807, 2.05) is 51.1 Å². The van der Waals surface area contributed by atoms with Crippen molar-refractivity contribution in [3.63, 3.8) is 0 Å². The number of rotatable bonds is 9. The van der Waals surface area contributed by atoms with Gasteiger partial charge in [-0.2, -0.15) is 0 Å². The first kappa shape index (κ1) is 30.6. The van der Waals surface area contributed by atoms with Gasteiger partial charge < -0.3 is 18.8 Å². The van der Waals surface area contributed by atoms with E-state index in [1.165, 1.54) is 50.6 Å². The van der Waals surface area contributed by atoms with E-state index in [0.29, 0.717) is 22.5 Å². The molecule has 5 rings (SSSR count). The highest BCUT2D eigenvalue weighted by Crippen LogP contribution is 2.46. The van der Waals surface area contributed by atoms with Crippen LogP contribution >= 0.6 is 11.3 Å². The summed E-state index contributed by atoms with van der Waals surface area (Å²) >= 11 is 1.51. The van der Waals surface area contributed by atoms with Crippen molar-refractivity contribution >= 4 is 39.2 Å². The van der Waals surface area contributed by atoms with Gasteiger partial charge in [0.15, 0.2) is 5.13 Å². The molecule has 4 aromatic rings. The van der Waals surface area contributed by atoms with E-state index in [9.17, 15) is 9.59 Å². The Morgan fingerprint density at radius 2 is 1.70 bits per heavy atom. The van der Waals surface area contributed by atoms with Gasteiger partial charge in [0, 0.05) is 15.8 Å². The van der Waals surface area contributed by atoms with E-state index in [0.717, 1.165) is 49.5 Å². The SMILES string of the molecule is COC(=O)Cn1c(C(=O)Nc2nc(-c3cc(OC)c(C)cc3OC)c(C(C)C3CCCCC3)s2)cc2cc(C)cc(C)c21. The maximum Gasteiger partial charge on any atom is 0.325 e. The number of methoxy groups -OCH3 is 3. The second kappa shape index (κ2) is 12.8. The van der Waals surface area contributed by atoms with Gasteiger partial charge in [0.05, 0.1) is 32.5 Å². The minimum Gasteiger partial charge on any atom is -0.496 e. The molecule has 1 aliphatic carbocycles. The molecule has 2 heterocycles. The smallest absolute Gasteiger partial charge is 0.325 e. The Balaban J connectivity index is 1.59. The molecule has 228 valence electrons. The van der Waals surface area contributed by atoms with Gasteiger partial charge in [0.1, 0.15) is 23.7 Å². The molecule has 8 nitrogen and oxygen atoms in total. The molecule has 1 N–H and O–H groups in total. The third-order valence-electron chi connectivity index (χ3n) is 8.69. The van der Waals surface area contributed by atoms with Gasteiger partial charge in [0.25, 0.3) is 5.91 Å². The van der Waals surface area contributed by atoms with Crippen LogP contribution in [-0.2, 0) is 16.1 Å². The van der Waals surface area contributed by atoms with E-state index in [4.69, 9.17) is 19.2 Å². The normalized spacial score (nSPS) is 14.5. The number of hydrogen-bond donors (Lipinski definition) is 1.